The Morgan fingerprint density at radius 3 is 2.83 bits per heavy atom. The molecule has 18 heavy (non-hydrogen) atoms. The van der Waals surface area contributed by atoms with Gasteiger partial charge in [-0.25, -0.2) is 9.18 Å². The van der Waals surface area contributed by atoms with Crippen molar-refractivity contribution in [3.05, 3.63) is 35.7 Å². The van der Waals surface area contributed by atoms with Gasteiger partial charge in [-0.1, -0.05) is 0 Å². The van der Waals surface area contributed by atoms with Gasteiger partial charge in [0.25, 0.3) is 0 Å². The first-order valence-electron chi connectivity index (χ1n) is 5.82. The summed E-state index contributed by atoms with van der Waals surface area (Å²) in [4.78, 5) is 11.9. The highest BCUT2D eigenvalue weighted by atomic mass is 19.1. The first-order valence-corrected chi connectivity index (χ1v) is 5.82. The maximum absolute atomic E-state index is 13.3. The summed E-state index contributed by atoms with van der Waals surface area (Å²) in [5, 5.41) is 0. The third kappa shape index (κ3) is 2.37. The lowest BCUT2D eigenvalue weighted by molar-refractivity contribution is -0.136. The predicted octanol–water partition coefficient (Wildman–Crippen LogP) is 2.94. The maximum atomic E-state index is 13.3. The molecule has 1 aromatic rings. The van der Waals surface area contributed by atoms with Crippen molar-refractivity contribution in [2.75, 3.05) is 6.61 Å². The molecule has 1 aliphatic rings. The van der Waals surface area contributed by atoms with Gasteiger partial charge in [-0.3, -0.25) is 0 Å². The Morgan fingerprint density at radius 2 is 2.17 bits per heavy atom. The summed E-state index contributed by atoms with van der Waals surface area (Å²) in [5.41, 5.74) is 0.169. The zero-order valence-electron chi connectivity index (χ0n) is 10.6. The first-order chi connectivity index (χ1) is 8.43. The van der Waals surface area contributed by atoms with Crippen LogP contribution in [0.15, 0.2) is 24.3 Å². The molecule has 2 rings (SSSR count). The molecule has 0 bridgehead atoms. The van der Waals surface area contributed by atoms with E-state index in [9.17, 15) is 9.18 Å². The number of fused-ring (bicyclic) bond motifs is 1. The van der Waals surface area contributed by atoms with Gasteiger partial charge in [-0.15, -0.1) is 0 Å². The summed E-state index contributed by atoms with van der Waals surface area (Å²) in [6.45, 7) is 5.68. The molecule has 1 aromatic carbocycles. The van der Waals surface area contributed by atoms with Crippen LogP contribution in [0.3, 0.4) is 0 Å². The van der Waals surface area contributed by atoms with Crippen molar-refractivity contribution in [2.45, 2.75) is 26.4 Å². The highest BCUT2D eigenvalue weighted by Gasteiger charge is 2.30. The van der Waals surface area contributed by atoms with Crippen LogP contribution < -0.4 is 4.74 Å². The molecule has 0 spiro atoms. The number of benzene rings is 1. The van der Waals surface area contributed by atoms with Crippen molar-refractivity contribution in [1.82, 2.24) is 0 Å². The van der Waals surface area contributed by atoms with Crippen LogP contribution in [0.5, 0.6) is 5.75 Å². The molecule has 0 aromatic heterocycles. The molecule has 0 aliphatic carbocycles. The minimum Gasteiger partial charge on any atom is -0.483 e. The van der Waals surface area contributed by atoms with Crippen LogP contribution in [0.2, 0.25) is 0 Å². The van der Waals surface area contributed by atoms with Gasteiger partial charge in [-0.05, 0) is 45.0 Å². The molecule has 4 heteroatoms. The molecule has 0 atom stereocenters. The van der Waals surface area contributed by atoms with E-state index in [0.29, 0.717) is 16.9 Å². The Kier molecular flexibility index (Phi) is 3.11. The summed E-state index contributed by atoms with van der Waals surface area (Å²) in [7, 11) is 0. The van der Waals surface area contributed by atoms with Gasteiger partial charge in [-0.2, -0.15) is 0 Å². The summed E-state index contributed by atoms with van der Waals surface area (Å²) in [5.74, 6) is -0.375. The Hall–Kier alpha value is -1.84. The average Bonchev–Trinajstić information content (AvgIpc) is 2.28. The maximum Gasteiger partial charge on any atom is 0.338 e. The third-order valence-electron chi connectivity index (χ3n) is 2.59. The van der Waals surface area contributed by atoms with Crippen LogP contribution >= 0.6 is 0 Å². The van der Waals surface area contributed by atoms with Gasteiger partial charge >= 0.3 is 5.97 Å². The van der Waals surface area contributed by atoms with E-state index in [4.69, 9.17) is 9.47 Å². The number of carbonyl (C=O) groups is 1. The van der Waals surface area contributed by atoms with Crippen molar-refractivity contribution in [3.63, 3.8) is 0 Å². The number of hydrogen-bond acceptors (Lipinski definition) is 3. The normalized spacial score (nSPS) is 16.3. The summed E-state index contributed by atoms with van der Waals surface area (Å²) < 4.78 is 23.9. The Balaban J connectivity index is 2.51. The summed E-state index contributed by atoms with van der Waals surface area (Å²) >= 11 is 0. The van der Waals surface area contributed by atoms with Crippen LogP contribution in [0, 0.1) is 5.82 Å². The SMILES string of the molecule is CCOC(=O)C1=CC(C)(C)Oc2ccc(F)cc21. The van der Waals surface area contributed by atoms with Crippen LogP contribution in [0.4, 0.5) is 4.39 Å². The highest BCUT2D eigenvalue weighted by molar-refractivity contribution is 6.17. The second kappa shape index (κ2) is 4.44. The van der Waals surface area contributed by atoms with Crippen LogP contribution in [-0.2, 0) is 9.53 Å². The number of rotatable bonds is 2. The molecule has 96 valence electrons. The van der Waals surface area contributed by atoms with Crippen molar-refractivity contribution in [3.8, 4) is 5.75 Å². The fourth-order valence-corrected chi connectivity index (χ4v) is 1.92. The topological polar surface area (TPSA) is 35.5 Å². The first kappa shape index (κ1) is 12.6. The van der Waals surface area contributed by atoms with Crippen molar-refractivity contribution in [1.29, 1.82) is 0 Å². The monoisotopic (exact) mass is 250 g/mol. The minimum absolute atomic E-state index is 0.280. The van der Waals surface area contributed by atoms with E-state index in [2.05, 4.69) is 0 Å². The smallest absolute Gasteiger partial charge is 0.338 e. The standard InChI is InChI=1S/C14H15FO3/c1-4-17-13(16)11-8-14(2,3)18-12-6-5-9(15)7-10(11)12/h5-8H,4H2,1-3H3. The van der Waals surface area contributed by atoms with Crippen LogP contribution in [-0.4, -0.2) is 18.2 Å². The molecule has 0 radical (unpaired) electrons. The van der Waals surface area contributed by atoms with Crippen LogP contribution in [0.25, 0.3) is 5.57 Å². The van der Waals surface area contributed by atoms with Gasteiger partial charge in [0.2, 0.25) is 0 Å². The van der Waals surface area contributed by atoms with Crippen molar-refractivity contribution in [2.24, 2.45) is 0 Å². The number of esters is 1. The second-order valence-corrected chi connectivity index (χ2v) is 4.62. The van der Waals surface area contributed by atoms with Crippen LogP contribution in [0.1, 0.15) is 26.3 Å². The number of halogens is 1. The lowest BCUT2D eigenvalue weighted by Gasteiger charge is -2.30. The number of hydrogen-bond donors (Lipinski definition) is 0. The highest BCUT2D eigenvalue weighted by Crippen LogP contribution is 2.36. The lowest BCUT2D eigenvalue weighted by atomic mass is 9.95. The molecule has 3 nitrogen and oxygen atoms in total. The molecule has 0 saturated heterocycles. The van der Waals surface area contributed by atoms with Crippen molar-refractivity contribution >= 4 is 11.5 Å². The van der Waals surface area contributed by atoms with E-state index in [0.717, 1.165) is 0 Å². The van der Waals surface area contributed by atoms with Gasteiger partial charge in [0, 0.05) is 5.56 Å². The molecule has 0 saturated carbocycles. The second-order valence-electron chi connectivity index (χ2n) is 4.62. The van der Waals surface area contributed by atoms with Gasteiger partial charge < -0.3 is 9.47 Å². The molecule has 0 amide bonds. The minimum atomic E-state index is -0.618. The zero-order valence-corrected chi connectivity index (χ0v) is 10.6. The predicted molar refractivity (Wildman–Crippen MR) is 65.7 cm³/mol. The third-order valence-corrected chi connectivity index (χ3v) is 2.59. The van der Waals surface area contributed by atoms with E-state index in [1.807, 2.05) is 13.8 Å². The largest absolute Gasteiger partial charge is 0.483 e. The lowest BCUT2D eigenvalue weighted by Crippen LogP contribution is -2.30. The molecule has 0 N–H and O–H groups in total. The van der Waals surface area contributed by atoms with E-state index in [1.165, 1.54) is 18.2 Å². The molecule has 0 fully saturated rings. The summed E-state index contributed by atoms with van der Waals surface area (Å²) in [6, 6.07) is 4.12. The quantitative estimate of drug-likeness (QED) is 0.757. The fraction of sp³-hybridized carbons (Fsp3) is 0.357. The summed E-state index contributed by atoms with van der Waals surface area (Å²) in [6.07, 6.45) is 1.66. The number of carbonyl (C=O) groups excluding carboxylic acids is 1. The van der Waals surface area contributed by atoms with E-state index >= 15 is 0 Å². The van der Waals surface area contributed by atoms with E-state index in [-0.39, 0.29) is 6.61 Å². The Morgan fingerprint density at radius 1 is 1.44 bits per heavy atom. The van der Waals surface area contributed by atoms with Gasteiger partial charge in [0.15, 0.2) is 0 Å². The molecular weight excluding hydrogens is 235 g/mol. The Labute approximate surface area is 105 Å². The van der Waals surface area contributed by atoms with Gasteiger partial charge in [0.05, 0.1) is 12.2 Å². The Bertz CT molecular complexity index is 518. The molecular formula is C14H15FO3. The zero-order chi connectivity index (χ0) is 13.3. The van der Waals surface area contributed by atoms with E-state index in [1.54, 1.807) is 13.0 Å². The van der Waals surface area contributed by atoms with Crippen molar-refractivity contribution < 1.29 is 18.7 Å². The average molecular weight is 250 g/mol. The molecule has 1 heterocycles. The van der Waals surface area contributed by atoms with Gasteiger partial charge in [0.1, 0.15) is 17.2 Å². The molecule has 0 unspecified atom stereocenters. The fourth-order valence-electron chi connectivity index (χ4n) is 1.92. The number of ether oxygens (including phenoxy) is 2. The van der Waals surface area contributed by atoms with E-state index < -0.39 is 17.4 Å². The molecule has 1 aliphatic heterocycles.